The van der Waals surface area contributed by atoms with Crippen LogP contribution in [0.5, 0.6) is 0 Å². The SMILES string of the molecule is Cc1cc(NC(=O)Nc2c(C)cccc2C(C)C)no1. The van der Waals surface area contributed by atoms with Crippen molar-refractivity contribution >= 4 is 17.5 Å². The minimum atomic E-state index is -0.325. The van der Waals surface area contributed by atoms with Gasteiger partial charge in [-0.3, -0.25) is 5.32 Å². The average Bonchev–Trinajstić information content (AvgIpc) is 2.77. The Labute approximate surface area is 118 Å². The van der Waals surface area contributed by atoms with Crippen molar-refractivity contribution in [1.29, 1.82) is 0 Å². The van der Waals surface area contributed by atoms with Gasteiger partial charge in [-0.1, -0.05) is 37.2 Å². The van der Waals surface area contributed by atoms with Crippen molar-refractivity contribution in [3.63, 3.8) is 0 Å². The van der Waals surface area contributed by atoms with Crippen LogP contribution in [0.4, 0.5) is 16.3 Å². The molecule has 0 aliphatic carbocycles. The topological polar surface area (TPSA) is 67.2 Å². The molecule has 2 rings (SSSR count). The van der Waals surface area contributed by atoms with Gasteiger partial charge in [0.25, 0.3) is 0 Å². The van der Waals surface area contributed by atoms with Gasteiger partial charge in [-0.15, -0.1) is 0 Å². The van der Waals surface area contributed by atoms with E-state index in [1.165, 1.54) is 0 Å². The number of nitrogens with one attached hydrogen (secondary N) is 2. The Morgan fingerprint density at radius 1 is 1.25 bits per heavy atom. The fraction of sp³-hybridized carbons (Fsp3) is 0.333. The molecule has 0 atom stereocenters. The standard InChI is InChI=1S/C15H19N3O2/c1-9(2)12-7-5-6-10(3)14(12)17-15(19)16-13-8-11(4)20-18-13/h5-9H,1-4H3,(H2,16,17,18,19). The van der Waals surface area contributed by atoms with Crippen LogP contribution in [0.15, 0.2) is 28.8 Å². The largest absolute Gasteiger partial charge is 0.360 e. The van der Waals surface area contributed by atoms with Gasteiger partial charge in [-0.2, -0.15) is 0 Å². The molecule has 1 aromatic heterocycles. The van der Waals surface area contributed by atoms with Crippen LogP contribution in [0.1, 0.15) is 36.7 Å². The van der Waals surface area contributed by atoms with E-state index in [2.05, 4.69) is 29.6 Å². The van der Waals surface area contributed by atoms with E-state index >= 15 is 0 Å². The zero-order chi connectivity index (χ0) is 14.7. The maximum Gasteiger partial charge on any atom is 0.324 e. The molecule has 1 aromatic carbocycles. The molecule has 5 nitrogen and oxygen atoms in total. The van der Waals surface area contributed by atoms with E-state index in [0.29, 0.717) is 17.5 Å². The summed E-state index contributed by atoms with van der Waals surface area (Å²) in [4.78, 5) is 12.0. The number of anilines is 2. The van der Waals surface area contributed by atoms with Gasteiger partial charge in [0.1, 0.15) is 5.76 Å². The molecule has 2 amide bonds. The number of hydrogen-bond donors (Lipinski definition) is 2. The maximum atomic E-state index is 12.0. The van der Waals surface area contributed by atoms with E-state index < -0.39 is 0 Å². The third-order valence-corrected chi connectivity index (χ3v) is 3.04. The lowest BCUT2D eigenvalue weighted by Crippen LogP contribution is -2.21. The van der Waals surface area contributed by atoms with Gasteiger partial charge in [-0.25, -0.2) is 4.79 Å². The molecule has 0 radical (unpaired) electrons. The van der Waals surface area contributed by atoms with E-state index in [-0.39, 0.29) is 6.03 Å². The fourth-order valence-electron chi connectivity index (χ4n) is 2.03. The Morgan fingerprint density at radius 2 is 2.00 bits per heavy atom. The molecule has 20 heavy (non-hydrogen) atoms. The molecule has 0 aliphatic rings. The highest BCUT2D eigenvalue weighted by Gasteiger charge is 2.12. The van der Waals surface area contributed by atoms with Gasteiger partial charge in [-0.05, 0) is 30.9 Å². The van der Waals surface area contributed by atoms with Gasteiger partial charge >= 0.3 is 6.03 Å². The highest BCUT2D eigenvalue weighted by molar-refractivity contribution is 6.00. The molecule has 1 heterocycles. The number of rotatable bonds is 3. The molecule has 0 aliphatic heterocycles. The molecule has 5 heteroatoms. The van der Waals surface area contributed by atoms with Gasteiger partial charge in [0.15, 0.2) is 5.82 Å². The number of urea groups is 1. The summed E-state index contributed by atoms with van der Waals surface area (Å²) in [5.41, 5.74) is 2.99. The number of para-hydroxylation sites is 1. The van der Waals surface area contributed by atoms with Crippen molar-refractivity contribution in [2.75, 3.05) is 10.6 Å². The van der Waals surface area contributed by atoms with Gasteiger partial charge < -0.3 is 9.84 Å². The molecule has 0 bridgehead atoms. The molecular weight excluding hydrogens is 254 g/mol. The summed E-state index contributed by atoms with van der Waals surface area (Å²) in [6, 6.07) is 7.33. The van der Waals surface area contributed by atoms with Crippen molar-refractivity contribution in [1.82, 2.24) is 5.16 Å². The van der Waals surface area contributed by atoms with Crippen LogP contribution in [0.25, 0.3) is 0 Å². The normalized spacial score (nSPS) is 10.7. The number of aryl methyl sites for hydroxylation is 2. The third-order valence-electron chi connectivity index (χ3n) is 3.04. The first-order chi connectivity index (χ1) is 9.47. The summed E-state index contributed by atoms with van der Waals surface area (Å²) in [6.07, 6.45) is 0. The van der Waals surface area contributed by atoms with Crippen molar-refractivity contribution < 1.29 is 9.32 Å². The number of benzene rings is 1. The molecule has 2 aromatic rings. The molecule has 2 N–H and O–H groups in total. The Balaban J connectivity index is 2.15. The molecule has 0 spiro atoms. The number of nitrogens with zero attached hydrogens (tertiary/aromatic N) is 1. The number of amides is 2. The van der Waals surface area contributed by atoms with E-state index in [4.69, 9.17) is 4.52 Å². The lowest BCUT2D eigenvalue weighted by atomic mass is 9.98. The second-order valence-corrected chi connectivity index (χ2v) is 5.10. The van der Waals surface area contributed by atoms with E-state index in [1.807, 2.05) is 25.1 Å². The molecule has 0 unspecified atom stereocenters. The minimum absolute atomic E-state index is 0.325. The average molecular weight is 273 g/mol. The molecule has 0 fully saturated rings. The summed E-state index contributed by atoms with van der Waals surface area (Å²) in [6.45, 7) is 7.94. The smallest absolute Gasteiger partial charge is 0.324 e. The zero-order valence-electron chi connectivity index (χ0n) is 12.2. The highest BCUT2D eigenvalue weighted by Crippen LogP contribution is 2.27. The lowest BCUT2D eigenvalue weighted by molar-refractivity contribution is 0.262. The summed E-state index contributed by atoms with van der Waals surface area (Å²) in [5.74, 6) is 1.39. The number of hydrogen-bond acceptors (Lipinski definition) is 3. The Kier molecular flexibility index (Phi) is 4.08. The first-order valence-electron chi connectivity index (χ1n) is 6.58. The maximum absolute atomic E-state index is 12.0. The van der Waals surface area contributed by atoms with Gasteiger partial charge in [0.2, 0.25) is 0 Å². The third kappa shape index (κ3) is 3.17. The Morgan fingerprint density at radius 3 is 2.60 bits per heavy atom. The second kappa shape index (κ2) is 5.77. The fourth-order valence-corrected chi connectivity index (χ4v) is 2.03. The molecule has 0 saturated carbocycles. The summed E-state index contributed by atoms with van der Waals surface area (Å²) >= 11 is 0. The summed E-state index contributed by atoms with van der Waals surface area (Å²) in [7, 11) is 0. The van der Waals surface area contributed by atoms with Crippen molar-refractivity contribution in [3.8, 4) is 0 Å². The zero-order valence-corrected chi connectivity index (χ0v) is 12.2. The summed E-state index contributed by atoms with van der Waals surface area (Å²) in [5, 5.41) is 9.27. The Bertz CT molecular complexity index is 617. The highest BCUT2D eigenvalue weighted by atomic mass is 16.5. The first kappa shape index (κ1) is 14.1. The van der Waals surface area contributed by atoms with Crippen LogP contribution in [-0.2, 0) is 0 Å². The Hall–Kier alpha value is -2.30. The van der Waals surface area contributed by atoms with E-state index in [9.17, 15) is 4.79 Å². The van der Waals surface area contributed by atoms with Gasteiger partial charge in [0.05, 0.1) is 0 Å². The van der Waals surface area contributed by atoms with Gasteiger partial charge in [0, 0.05) is 11.8 Å². The lowest BCUT2D eigenvalue weighted by Gasteiger charge is -2.16. The number of carbonyl (C=O) groups excluding carboxylic acids is 1. The number of aromatic nitrogens is 1. The van der Waals surface area contributed by atoms with Crippen molar-refractivity contribution in [2.45, 2.75) is 33.6 Å². The van der Waals surface area contributed by atoms with Crippen LogP contribution < -0.4 is 10.6 Å². The molecule has 106 valence electrons. The van der Waals surface area contributed by atoms with Crippen LogP contribution in [0.3, 0.4) is 0 Å². The first-order valence-corrected chi connectivity index (χ1v) is 6.58. The van der Waals surface area contributed by atoms with E-state index in [1.54, 1.807) is 13.0 Å². The number of carbonyl (C=O) groups is 1. The van der Waals surface area contributed by atoms with Crippen molar-refractivity contribution in [2.24, 2.45) is 0 Å². The minimum Gasteiger partial charge on any atom is -0.360 e. The van der Waals surface area contributed by atoms with Crippen LogP contribution >= 0.6 is 0 Å². The molecular formula is C15H19N3O2. The molecule has 0 saturated heterocycles. The monoisotopic (exact) mass is 273 g/mol. The van der Waals surface area contributed by atoms with E-state index in [0.717, 1.165) is 16.8 Å². The van der Waals surface area contributed by atoms with Crippen molar-refractivity contribution in [3.05, 3.63) is 41.2 Å². The summed E-state index contributed by atoms with van der Waals surface area (Å²) < 4.78 is 4.91. The van der Waals surface area contributed by atoms with Crippen LogP contribution in [-0.4, -0.2) is 11.2 Å². The van der Waals surface area contributed by atoms with Crippen LogP contribution in [0, 0.1) is 13.8 Å². The predicted octanol–water partition coefficient (Wildman–Crippen LogP) is 4.06. The quantitative estimate of drug-likeness (QED) is 0.886. The predicted molar refractivity (Wildman–Crippen MR) is 79.1 cm³/mol. The van der Waals surface area contributed by atoms with Crippen LogP contribution in [0.2, 0.25) is 0 Å². The second-order valence-electron chi connectivity index (χ2n) is 5.10.